The Labute approximate surface area is 236 Å². The molecule has 0 amide bonds. The minimum Gasteiger partial charge on any atom is -0.497 e. The zero-order chi connectivity index (χ0) is 27.5. The molecule has 0 unspecified atom stereocenters. The standard InChI is InChI=1S/C36H35O4/c1-37-29-16-10-24(11-17-29)22-27-6-4-8-32-34(26-14-20-31(39-3)21-15-26)33-9-5-7-28(36(33)40-35(27)32)23-25-12-18-30(38-2)19-13-25/h10-23H,4-9H2,1-3H3/q+1. The molecule has 0 radical (unpaired) electrons. The van der Waals surface area contributed by atoms with Gasteiger partial charge in [-0.05, 0) is 104 Å². The van der Waals surface area contributed by atoms with Gasteiger partial charge in [0.25, 0.3) is 0 Å². The third-order valence-electron chi connectivity index (χ3n) is 7.98. The smallest absolute Gasteiger partial charge is 0.360 e. The summed E-state index contributed by atoms with van der Waals surface area (Å²) in [4.78, 5) is 0. The van der Waals surface area contributed by atoms with Crippen molar-refractivity contribution in [1.82, 2.24) is 0 Å². The molecule has 4 nitrogen and oxygen atoms in total. The molecule has 0 bridgehead atoms. The van der Waals surface area contributed by atoms with Gasteiger partial charge in [0.15, 0.2) is 0 Å². The van der Waals surface area contributed by atoms with E-state index in [0.717, 1.165) is 78.4 Å². The topological polar surface area (TPSA) is 39.0 Å². The van der Waals surface area contributed by atoms with Gasteiger partial charge in [0.2, 0.25) is 0 Å². The molecule has 0 saturated heterocycles. The molecule has 6 rings (SSSR count). The Balaban J connectivity index is 1.54. The SMILES string of the molecule is COc1ccc(C=C2CCCc3c2[o+]c2c(c3-c3ccc(OC)cc3)CCCC2=Cc2ccc(OC)cc2)cc1. The largest absolute Gasteiger partial charge is 0.497 e. The molecule has 4 aromatic rings. The van der Waals surface area contributed by atoms with Crippen molar-refractivity contribution < 1.29 is 18.6 Å². The van der Waals surface area contributed by atoms with E-state index in [1.54, 1.807) is 21.3 Å². The van der Waals surface area contributed by atoms with Crippen molar-refractivity contribution in [2.75, 3.05) is 21.3 Å². The molecule has 3 aromatic carbocycles. The highest BCUT2D eigenvalue weighted by Crippen LogP contribution is 2.46. The molecule has 0 aliphatic heterocycles. The van der Waals surface area contributed by atoms with Crippen LogP contribution in [0.15, 0.2) is 77.2 Å². The number of benzene rings is 3. The monoisotopic (exact) mass is 531 g/mol. The van der Waals surface area contributed by atoms with E-state index in [1.807, 2.05) is 24.3 Å². The van der Waals surface area contributed by atoms with Crippen LogP contribution in [0.4, 0.5) is 0 Å². The molecule has 40 heavy (non-hydrogen) atoms. The summed E-state index contributed by atoms with van der Waals surface area (Å²) < 4.78 is 23.2. The number of ether oxygens (including phenoxy) is 3. The summed E-state index contributed by atoms with van der Waals surface area (Å²) in [6.07, 6.45) is 10.7. The molecule has 0 saturated carbocycles. The normalized spacial score (nSPS) is 16.4. The van der Waals surface area contributed by atoms with E-state index < -0.39 is 0 Å². The van der Waals surface area contributed by atoms with Crippen LogP contribution in [0.3, 0.4) is 0 Å². The van der Waals surface area contributed by atoms with Gasteiger partial charge in [0.1, 0.15) is 17.2 Å². The third-order valence-corrected chi connectivity index (χ3v) is 7.98. The van der Waals surface area contributed by atoms with Crippen LogP contribution in [-0.4, -0.2) is 21.3 Å². The number of fused-ring (bicyclic) bond motifs is 2. The van der Waals surface area contributed by atoms with E-state index in [1.165, 1.54) is 33.4 Å². The summed E-state index contributed by atoms with van der Waals surface area (Å²) in [5.41, 5.74) is 9.99. The average molecular weight is 532 g/mol. The maximum absolute atomic E-state index is 6.98. The predicted molar refractivity (Wildman–Crippen MR) is 163 cm³/mol. The van der Waals surface area contributed by atoms with Crippen LogP contribution in [0.2, 0.25) is 0 Å². The summed E-state index contributed by atoms with van der Waals surface area (Å²) >= 11 is 0. The van der Waals surface area contributed by atoms with Gasteiger partial charge in [-0.2, -0.15) is 0 Å². The van der Waals surface area contributed by atoms with E-state index in [2.05, 4.69) is 60.7 Å². The molecule has 0 spiro atoms. The van der Waals surface area contributed by atoms with E-state index >= 15 is 0 Å². The van der Waals surface area contributed by atoms with Crippen LogP contribution in [0.25, 0.3) is 34.4 Å². The molecule has 202 valence electrons. The molecule has 0 atom stereocenters. The summed E-state index contributed by atoms with van der Waals surface area (Å²) in [6, 6.07) is 25.0. The van der Waals surface area contributed by atoms with Gasteiger partial charge >= 0.3 is 11.5 Å². The second-order valence-corrected chi connectivity index (χ2v) is 10.4. The molecule has 2 aliphatic rings. The van der Waals surface area contributed by atoms with Crippen molar-refractivity contribution in [3.05, 3.63) is 107 Å². The maximum atomic E-state index is 6.98. The van der Waals surface area contributed by atoms with Crippen LogP contribution in [0.5, 0.6) is 17.2 Å². The van der Waals surface area contributed by atoms with Crippen LogP contribution in [-0.2, 0) is 12.8 Å². The van der Waals surface area contributed by atoms with Crippen molar-refractivity contribution in [2.24, 2.45) is 0 Å². The first-order chi connectivity index (χ1) is 19.7. The summed E-state index contributed by atoms with van der Waals surface area (Å²) in [5, 5.41) is 0. The number of allylic oxidation sites excluding steroid dienone is 2. The first kappa shape index (κ1) is 25.9. The highest BCUT2D eigenvalue weighted by molar-refractivity contribution is 5.90. The van der Waals surface area contributed by atoms with Crippen LogP contribution in [0, 0.1) is 0 Å². The fraction of sp³-hybridized carbons (Fsp3) is 0.250. The van der Waals surface area contributed by atoms with Crippen molar-refractivity contribution in [3.63, 3.8) is 0 Å². The molecule has 4 heteroatoms. The van der Waals surface area contributed by atoms with E-state index in [4.69, 9.17) is 18.6 Å². The van der Waals surface area contributed by atoms with Crippen molar-refractivity contribution >= 4 is 23.3 Å². The van der Waals surface area contributed by atoms with Crippen LogP contribution >= 0.6 is 0 Å². The Morgan fingerprint density at radius 2 is 0.925 bits per heavy atom. The lowest BCUT2D eigenvalue weighted by atomic mass is 9.80. The molecular weight excluding hydrogens is 496 g/mol. The molecule has 0 N–H and O–H groups in total. The zero-order valence-corrected chi connectivity index (χ0v) is 23.5. The molecule has 0 fully saturated rings. The van der Waals surface area contributed by atoms with Gasteiger partial charge < -0.3 is 14.2 Å². The Kier molecular flexibility index (Phi) is 7.41. The van der Waals surface area contributed by atoms with Crippen molar-refractivity contribution in [1.29, 1.82) is 0 Å². The van der Waals surface area contributed by atoms with Gasteiger partial charge in [0.05, 0.1) is 43.6 Å². The van der Waals surface area contributed by atoms with E-state index in [0.29, 0.717) is 0 Å². The highest BCUT2D eigenvalue weighted by Gasteiger charge is 2.37. The van der Waals surface area contributed by atoms with Gasteiger partial charge in [-0.3, -0.25) is 0 Å². The Morgan fingerprint density at radius 1 is 0.525 bits per heavy atom. The molecule has 1 heterocycles. The minimum atomic E-state index is 0.861. The second kappa shape index (κ2) is 11.4. The minimum absolute atomic E-state index is 0.861. The van der Waals surface area contributed by atoms with Crippen LogP contribution < -0.4 is 14.2 Å². The van der Waals surface area contributed by atoms with Gasteiger partial charge in [-0.15, -0.1) is 0 Å². The fourth-order valence-electron chi connectivity index (χ4n) is 5.95. The first-order valence-corrected chi connectivity index (χ1v) is 14.0. The Morgan fingerprint density at radius 3 is 1.32 bits per heavy atom. The van der Waals surface area contributed by atoms with Crippen molar-refractivity contribution in [3.8, 4) is 28.4 Å². The van der Waals surface area contributed by atoms with Gasteiger partial charge in [-0.1, -0.05) is 36.4 Å². The summed E-state index contributed by atoms with van der Waals surface area (Å²) in [7, 11) is 5.11. The average Bonchev–Trinajstić information content (AvgIpc) is 3.01. The number of rotatable bonds is 6. The fourth-order valence-corrected chi connectivity index (χ4v) is 5.95. The maximum Gasteiger partial charge on any atom is 0.360 e. The number of hydrogen-bond donors (Lipinski definition) is 0. The quantitative estimate of drug-likeness (QED) is 0.233. The van der Waals surface area contributed by atoms with Crippen LogP contribution in [0.1, 0.15) is 59.5 Å². The molecular formula is C36H35O4+. The predicted octanol–water partition coefficient (Wildman–Crippen LogP) is 9.01. The first-order valence-electron chi connectivity index (χ1n) is 14.0. The lowest BCUT2D eigenvalue weighted by molar-refractivity contribution is 0.414. The molecule has 2 aliphatic carbocycles. The lowest BCUT2D eigenvalue weighted by Gasteiger charge is -2.22. The van der Waals surface area contributed by atoms with Gasteiger partial charge in [-0.25, -0.2) is 4.42 Å². The van der Waals surface area contributed by atoms with E-state index in [9.17, 15) is 0 Å². The lowest BCUT2D eigenvalue weighted by Crippen LogP contribution is -2.12. The molecule has 1 aromatic heterocycles. The van der Waals surface area contributed by atoms with Crippen molar-refractivity contribution in [2.45, 2.75) is 38.5 Å². The number of methoxy groups -OCH3 is 3. The summed E-state index contributed by atoms with van der Waals surface area (Å²) in [6.45, 7) is 0. The third kappa shape index (κ3) is 5.14. The highest BCUT2D eigenvalue weighted by atomic mass is 16.5. The summed E-state index contributed by atoms with van der Waals surface area (Å²) in [5.74, 6) is 4.63. The number of hydrogen-bond acceptors (Lipinski definition) is 3. The Hall–Kier alpha value is -4.31. The van der Waals surface area contributed by atoms with E-state index in [-0.39, 0.29) is 0 Å². The van der Waals surface area contributed by atoms with Gasteiger partial charge in [0, 0.05) is 5.56 Å². The second-order valence-electron chi connectivity index (χ2n) is 10.4. The zero-order valence-electron chi connectivity index (χ0n) is 23.5. The Bertz CT molecular complexity index is 1470.